The van der Waals surface area contributed by atoms with Crippen LogP contribution in [0.25, 0.3) is 0 Å². The highest BCUT2D eigenvalue weighted by molar-refractivity contribution is 7.10. The minimum absolute atomic E-state index is 0.00480. The molecule has 5 nitrogen and oxygen atoms in total. The molecule has 0 saturated heterocycles. The molecule has 7 heteroatoms. The third-order valence-corrected chi connectivity index (χ3v) is 7.50. The molecule has 0 radical (unpaired) electrons. The van der Waals surface area contributed by atoms with Gasteiger partial charge in [-0.25, -0.2) is 4.39 Å². The molecular formula is C29H33FN2O3S. The molecule has 1 atom stereocenters. The summed E-state index contributed by atoms with van der Waals surface area (Å²) in [5.74, 6) is -0.127. The fraction of sp³-hybridized carbons (Fsp3) is 0.379. The van der Waals surface area contributed by atoms with Gasteiger partial charge in [0.05, 0.1) is 6.04 Å². The van der Waals surface area contributed by atoms with Crippen molar-refractivity contribution in [3.05, 3.63) is 87.4 Å². The second-order valence-electron chi connectivity index (χ2n) is 9.67. The maximum absolute atomic E-state index is 14.2. The number of amides is 2. The normalized spacial score (nSPS) is 15.0. The molecule has 190 valence electrons. The van der Waals surface area contributed by atoms with Crippen molar-refractivity contribution in [3.8, 4) is 5.75 Å². The molecule has 3 aromatic rings. The molecule has 0 bridgehead atoms. The fourth-order valence-electron chi connectivity index (χ4n) is 4.49. The van der Waals surface area contributed by atoms with Crippen LogP contribution in [0.3, 0.4) is 0 Å². The van der Waals surface area contributed by atoms with Crippen molar-refractivity contribution in [2.45, 2.75) is 39.7 Å². The molecule has 1 aliphatic rings. The predicted octanol–water partition coefficient (Wildman–Crippen LogP) is 5.89. The smallest absolute Gasteiger partial charge is 0.254 e. The number of para-hydroxylation sites is 1. The maximum atomic E-state index is 14.2. The molecule has 0 aliphatic carbocycles. The van der Waals surface area contributed by atoms with Gasteiger partial charge in [-0.15, -0.1) is 11.3 Å². The van der Waals surface area contributed by atoms with Crippen molar-refractivity contribution in [1.82, 2.24) is 9.80 Å². The van der Waals surface area contributed by atoms with Gasteiger partial charge >= 0.3 is 0 Å². The van der Waals surface area contributed by atoms with Crippen LogP contribution in [0.2, 0.25) is 0 Å². The summed E-state index contributed by atoms with van der Waals surface area (Å²) < 4.78 is 20.0. The topological polar surface area (TPSA) is 49.9 Å². The molecule has 1 aliphatic heterocycles. The van der Waals surface area contributed by atoms with Crippen molar-refractivity contribution in [2.24, 2.45) is 5.92 Å². The van der Waals surface area contributed by atoms with Crippen molar-refractivity contribution >= 4 is 23.2 Å². The van der Waals surface area contributed by atoms with Gasteiger partial charge < -0.3 is 14.5 Å². The molecule has 1 aromatic heterocycles. The van der Waals surface area contributed by atoms with E-state index in [1.807, 2.05) is 36.6 Å². The number of nitrogens with zero attached hydrogens (tertiary/aromatic N) is 2. The Kier molecular flexibility index (Phi) is 8.41. The van der Waals surface area contributed by atoms with E-state index in [1.54, 1.807) is 45.4 Å². The molecule has 0 saturated carbocycles. The average molecular weight is 509 g/mol. The number of thiophene rings is 1. The zero-order valence-electron chi connectivity index (χ0n) is 21.1. The van der Waals surface area contributed by atoms with Crippen molar-refractivity contribution in [2.75, 3.05) is 26.2 Å². The van der Waals surface area contributed by atoms with Gasteiger partial charge in [-0.1, -0.05) is 43.7 Å². The largest absolute Gasteiger partial charge is 0.488 e. The molecular weight excluding hydrogens is 475 g/mol. The summed E-state index contributed by atoms with van der Waals surface area (Å²) in [6.07, 6.45) is 1.56. The molecule has 0 fully saturated rings. The van der Waals surface area contributed by atoms with Crippen molar-refractivity contribution in [3.63, 3.8) is 0 Å². The second kappa shape index (κ2) is 11.7. The van der Waals surface area contributed by atoms with Gasteiger partial charge in [0.1, 0.15) is 13.2 Å². The Labute approximate surface area is 216 Å². The lowest BCUT2D eigenvalue weighted by Crippen LogP contribution is -2.48. The van der Waals surface area contributed by atoms with Gasteiger partial charge in [0, 0.05) is 23.5 Å². The Balaban J connectivity index is 1.54. The Bertz CT molecular complexity index is 1210. The van der Waals surface area contributed by atoms with Crippen LogP contribution < -0.4 is 4.74 Å². The Hall–Kier alpha value is -3.19. The number of rotatable bonds is 9. The molecule has 0 spiro atoms. The van der Waals surface area contributed by atoms with E-state index in [0.717, 1.165) is 24.0 Å². The van der Waals surface area contributed by atoms with Crippen LogP contribution in [0.1, 0.15) is 52.7 Å². The number of hydrogen-bond donors (Lipinski definition) is 0. The van der Waals surface area contributed by atoms with E-state index in [4.69, 9.17) is 4.74 Å². The summed E-state index contributed by atoms with van der Waals surface area (Å²) in [6.45, 7) is 7.35. The SMILES string of the molecule is Cc1cccc(C(=O)N(CCC(C)C)CC(=O)N2CCc3sccc3[C@H]2COc2ccccc2F)c1. The molecule has 36 heavy (non-hydrogen) atoms. The molecule has 0 N–H and O–H groups in total. The van der Waals surface area contributed by atoms with Crippen LogP contribution in [-0.4, -0.2) is 47.9 Å². The predicted molar refractivity (Wildman–Crippen MR) is 141 cm³/mol. The third kappa shape index (κ3) is 6.13. The summed E-state index contributed by atoms with van der Waals surface area (Å²) in [7, 11) is 0. The van der Waals surface area contributed by atoms with Gasteiger partial charge in [0.2, 0.25) is 5.91 Å². The number of halogens is 1. The minimum Gasteiger partial charge on any atom is -0.488 e. The van der Waals surface area contributed by atoms with Crippen LogP contribution in [-0.2, 0) is 11.2 Å². The summed E-state index contributed by atoms with van der Waals surface area (Å²) in [4.78, 5) is 31.8. The van der Waals surface area contributed by atoms with Crippen molar-refractivity contribution in [1.29, 1.82) is 0 Å². The summed E-state index contributed by atoms with van der Waals surface area (Å²) in [6, 6.07) is 15.4. The summed E-state index contributed by atoms with van der Waals surface area (Å²) >= 11 is 1.66. The van der Waals surface area contributed by atoms with Crippen LogP contribution in [0.5, 0.6) is 5.75 Å². The first-order valence-electron chi connectivity index (χ1n) is 12.4. The van der Waals surface area contributed by atoms with Gasteiger partial charge in [0.15, 0.2) is 11.6 Å². The van der Waals surface area contributed by atoms with Crippen molar-refractivity contribution < 1.29 is 18.7 Å². The first-order chi connectivity index (χ1) is 17.3. The van der Waals surface area contributed by atoms with Gasteiger partial charge in [-0.05, 0) is 67.0 Å². The maximum Gasteiger partial charge on any atom is 0.254 e. The molecule has 4 rings (SSSR count). The number of aryl methyl sites for hydroxylation is 1. The number of carbonyl (C=O) groups excluding carboxylic acids is 2. The number of hydrogen-bond acceptors (Lipinski definition) is 4. The number of fused-ring (bicyclic) bond motifs is 1. The quantitative estimate of drug-likeness (QED) is 0.362. The highest BCUT2D eigenvalue weighted by Crippen LogP contribution is 2.34. The first kappa shape index (κ1) is 25.9. The molecule has 2 heterocycles. The lowest BCUT2D eigenvalue weighted by molar-refractivity contribution is -0.135. The second-order valence-corrected chi connectivity index (χ2v) is 10.7. The summed E-state index contributed by atoms with van der Waals surface area (Å²) in [5, 5.41) is 2.02. The van der Waals surface area contributed by atoms with E-state index < -0.39 is 5.82 Å². The molecule has 2 amide bonds. The lowest BCUT2D eigenvalue weighted by Gasteiger charge is -2.37. The van der Waals surface area contributed by atoms with Gasteiger partial charge in [-0.2, -0.15) is 0 Å². The van der Waals surface area contributed by atoms with E-state index in [2.05, 4.69) is 13.8 Å². The Morgan fingerprint density at radius 3 is 2.72 bits per heavy atom. The minimum atomic E-state index is -0.430. The van der Waals surface area contributed by atoms with Crippen LogP contribution in [0, 0.1) is 18.7 Å². The fourth-order valence-corrected chi connectivity index (χ4v) is 5.41. The molecule has 0 unspecified atom stereocenters. The Morgan fingerprint density at radius 1 is 1.17 bits per heavy atom. The highest BCUT2D eigenvalue weighted by Gasteiger charge is 2.34. The van der Waals surface area contributed by atoms with Gasteiger partial charge in [0.25, 0.3) is 5.91 Å². The number of ether oxygens (including phenoxy) is 1. The van der Waals surface area contributed by atoms with Crippen LogP contribution in [0.15, 0.2) is 60.0 Å². The zero-order chi connectivity index (χ0) is 25.7. The van der Waals surface area contributed by atoms with Crippen LogP contribution in [0.4, 0.5) is 4.39 Å². The Morgan fingerprint density at radius 2 is 1.97 bits per heavy atom. The summed E-state index contributed by atoms with van der Waals surface area (Å²) in [5.41, 5.74) is 2.63. The van der Waals surface area contributed by atoms with E-state index in [1.165, 1.54) is 10.9 Å². The highest BCUT2D eigenvalue weighted by atomic mass is 32.1. The third-order valence-electron chi connectivity index (χ3n) is 6.50. The monoisotopic (exact) mass is 508 g/mol. The first-order valence-corrected chi connectivity index (χ1v) is 13.3. The number of carbonyl (C=O) groups is 2. The van der Waals surface area contributed by atoms with Crippen LogP contribution >= 0.6 is 11.3 Å². The zero-order valence-corrected chi connectivity index (χ0v) is 21.9. The lowest BCUT2D eigenvalue weighted by atomic mass is 10.00. The van der Waals surface area contributed by atoms with E-state index in [-0.39, 0.29) is 36.8 Å². The standard InChI is InChI=1S/C29H33FN2O3S/c1-20(2)11-14-31(29(34)22-8-6-7-21(3)17-22)18-28(33)32-15-12-27-23(13-16-36-27)25(32)19-35-26-10-5-4-9-24(26)30/h4-10,13,16-17,20,25H,11-12,14-15,18-19H2,1-3H3/t25-/m1/s1. The van der Waals surface area contributed by atoms with E-state index in [9.17, 15) is 14.0 Å². The molecule has 2 aromatic carbocycles. The average Bonchev–Trinajstić information content (AvgIpc) is 3.34. The number of benzene rings is 2. The van der Waals surface area contributed by atoms with Gasteiger partial charge in [-0.3, -0.25) is 9.59 Å². The van der Waals surface area contributed by atoms with E-state index >= 15 is 0 Å². The van der Waals surface area contributed by atoms with E-state index in [0.29, 0.717) is 24.6 Å².